The first-order valence-corrected chi connectivity index (χ1v) is 11.2. The van der Waals surface area contributed by atoms with Crippen LogP contribution in [0.25, 0.3) is 11.2 Å². The average Bonchev–Trinajstić information content (AvgIpc) is 3.03. The van der Waals surface area contributed by atoms with Gasteiger partial charge in [0.05, 0.1) is 18.8 Å². The minimum atomic E-state index is -0.624. The van der Waals surface area contributed by atoms with Gasteiger partial charge in [0.2, 0.25) is 11.7 Å². The highest BCUT2D eigenvalue weighted by Crippen LogP contribution is 2.25. The molecular weight excluding hydrogens is 392 g/mol. The van der Waals surface area contributed by atoms with E-state index in [1.165, 1.54) is 0 Å². The molecule has 1 amide bonds. The third-order valence-electron chi connectivity index (χ3n) is 5.30. The lowest BCUT2D eigenvalue weighted by Crippen LogP contribution is -2.37. The highest BCUT2D eigenvalue weighted by Gasteiger charge is 2.30. The van der Waals surface area contributed by atoms with Gasteiger partial charge in [-0.25, -0.2) is 9.97 Å². The maximum atomic E-state index is 13.4. The second-order valence-corrected chi connectivity index (χ2v) is 10.1. The van der Waals surface area contributed by atoms with Gasteiger partial charge in [-0.05, 0) is 24.7 Å². The summed E-state index contributed by atoms with van der Waals surface area (Å²) in [6.45, 7) is 15.7. The van der Waals surface area contributed by atoms with Crippen molar-refractivity contribution in [2.45, 2.75) is 67.9 Å². The summed E-state index contributed by atoms with van der Waals surface area (Å²) in [7, 11) is 1.56. The Hall–Kier alpha value is -2.44. The Labute approximate surface area is 186 Å². The summed E-state index contributed by atoms with van der Waals surface area (Å²) >= 11 is 0. The number of pyridine rings is 1. The first kappa shape index (κ1) is 24.8. The molecule has 0 N–H and O–H groups in total. The summed E-state index contributed by atoms with van der Waals surface area (Å²) in [5, 5.41) is 0. The number of aromatic nitrogens is 3. The van der Waals surface area contributed by atoms with Gasteiger partial charge in [-0.3, -0.25) is 9.59 Å². The quantitative estimate of drug-likeness (QED) is 0.515. The van der Waals surface area contributed by atoms with Gasteiger partial charge < -0.3 is 14.2 Å². The molecule has 0 radical (unpaired) electrons. The molecule has 0 saturated carbocycles. The molecule has 0 aliphatic rings. The highest BCUT2D eigenvalue weighted by atomic mass is 16.5. The second-order valence-electron chi connectivity index (χ2n) is 10.1. The lowest BCUT2D eigenvalue weighted by Gasteiger charge is -2.25. The van der Waals surface area contributed by atoms with Crippen LogP contribution in [0.5, 0.6) is 5.75 Å². The summed E-state index contributed by atoms with van der Waals surface area (Å²) < 4.78 is 7.02. The number of amides is 1. The molecule has 2 rings (SSSR count). The maximum absolute atomic E-state index is 13.4. The van der Waals surface area contributed by atoms with E-state index >= 15 is 0 Å². The molecule has 2 heterocycles. The fourth-order valence-electron chi connectivity index (χ4n) is 3.19. The first-order chi connectivity index (χ1) is 14.4. The van der Waals surface area contributed by atoms with Crippen LogP contribution in [0.2, 0.25) is 0 Å². The Morgan fingerprint density at radius 2 is 1.68 bits per heavy atom. The molecule has 0 aliphatic carbocycles. The standard InChI is InChI=1S/C24H38N4O3/c1-16(2)9-11-27(12-10-17(3)4)20(29)15-28-19-13-18(31-8)14-25-22(19)26-23(28)21(30)24(5,6)7/h13-14,16-17H,9-12,15H2,1-8H3. The van der Waals surface area contributed by atoms with Crippen molar-refractivity contribution in [1.29, 1.82) is 0 Å². The number of ether oxygens (including phenoxy) is 1. The molecule has 0 spiro atoms. The minimum absolute atomic E-state index is 0.00798. The van der Waals surface area contributed by atoms with Gasteiger partial charge in [0, 0.05) is 24.6 Å². The lowest BCUT2D eigenvalue weighted by molar-refractivity contribution is -0.132. The van der Waals surface area contributed by atoms with E-state index in [-0.39, 0.29) is 24.1 Å². The third-order valence-corrected chi connectivity index (χ3v) is 5.30. The summed E-state index contributed by atoms with van der Waals surface area (Å²) in [6.07, 6.45) is 3.46. The van der Waals surface area contributed by atoms with Crippen molar-refractivity contribution < 1.29 is 14.3 Å². The smallest absolute Gasteiger partial charge is 0.242 e. The number of nitrogens with zero attached hydrogens (tertiary/aromatic N) is 4. The summed E-state index contributed by atoms with van der Waals surface area (Å²) in [5.74, 6) is 1.72. The molecule has 0 saturated heterocycles. The molecule has 0 bridgehead atoms. The van der Waals surface area contributed by atoms with E-state index in [9.17, 15) is 9.59 Å². The molecule has 0 atom stereocenters. The Morgan fingerprint density at radius 1 is 1.10 bits per heavy atom. The molecule has 0 aliphatic heterocycles. The summed E-state index contributed by atoms with van der Waals surface area (Å²) in [4.78, 5) is 37.2. The second kappa shape index (κ2) is 10.2. The van der Waals surface area contributed by atoms with Crippen molar-refractivity contribution >= 4 is 22.9 Å². The van der Waals surface area contributed by atoms with Gasteiger partial charge in [-0.1, -0.05) is 48.5 Å². The van der Waals surface area contributed by atoms with Crippen molar-refractivity contribution in [2.75, 3.05) is 20.2 Å². The Bertz CT molecular complexity index is 897. The summed E-state index contributed by atoms with van der Waals surface area (Å²) in [5.41, 5.74) is 0.450. The van der Waals surface area contributed by atoms with Crippen LogP contribution in [0.4, 0.5) is 0 Å². The van der Waals surface area contributed by atoms with Crippen molar-refractivity contribution in [3.8, 4) is 5.75 Å². The number of Topliss-reactive ketones (excluding diaryl/α,β-unsaturated/α-hetero) is 1. The van der Waals surface area contributed by atoms with Gasteiger partial charge in [-0.2, -0.15) is 0 Å². The number of hydrogen-bond acceptors (Lipinski definition) is 5. The van der Waals surface area contributed by atoms with Crippen LogP contribution >= 0.6 is 0 Å². The van der Waals surface area contributed by atoms with Crippen LogP contribution < -0.4 is 4.74 Å². The average molecular weight is 431 g/mol. The molecule has 0 fully saturated rings. The van der Waals surface area contributed by atoms with E-state index in [4.69, 9.17) is 4.74 Å². The molecule has 2 aromatic rings. The van der Waals surface area contributed by atoms with E-state index in [1.54, 1.807) is 23.9 Å². The maximum Gasteiger partial charge on any atom is 0.242 e. The van der Waals surface area contributed by atoms with E-state index < -0.39 is 5.41 Å². The predicted molar refractivity (Wildman–Crippen MR) is 123 cm³/mol. The Morgan fingerprint density at radius 3 is 2.16 bits per heavy atom. The highest BCUT2D eigenvalue weighted by molar-refractivity contribution is 6.00. The number of carbonyl (C=O) groups excluding carboxylic acids is 2. The van der Waals surface area contributed by atoms with E-state index in [1.807, 2.05) is 25.7 Å². The van der Waals surface area contributed by atoms with E-state index in [2.05, 4.69) is 37.7 Å². The van der Waals surface area contributed by atoms with Gasteiger partial charge in [0.1, 0.15) is 12.3 Å². The molecule has 0 unspecified atom stereocenters. The van der Waals surface area contributed by atoms with Gasteiger partial charge in [0.25, 0.3) is 0 Å². The van der Waals surface area contributed by atoms with Gasteiger partial charge in [-0.15, -0.1) is 0 Å². The number of carbonyl (C=O) groups is 2. The van der Waals surface area contributed by atoms with Crippen molar-refractivity contribution in [1.82, 2.24) is 19.4 Å². The molecular formula is C24H38N4O3. The van der Waals surface area contributed by atoms with E-state index in [0.29, 0.717) is 41.8 Å². The fraction of sp³-hybridized carbons (Fsp3) is 0.667. The molecule has 0 aromatic carbocycles. The normalized spacial score (nSPS) is 12.1. The van der Waals surface area contributed by atoms with Crippen LogP contribution in [0.15, 0.2) is 12.3 Å². The SMILES string of the molecule is COc1cnc2nc(C(=O)C(C)(C)C)n(CC(=O)N(CCC(C)C)CCC(C)C)c2c1. The minimum Gasteiger partial charge on any atom is -0.495 e. The van der Waals surface area contributed by atoms with Crippen LogP contribution in [0.1, 0.15) is 71.9 Å². The third kappa shape index (κ3) is 6.52. The number of hydrogen-bond donors (Lipinski definition) is 0. The Balaban J connectivity index is 2.45. The molecule has 2 aromatic heterocycles. The number of methoxy groups -OCH3 is 1. The van der Waals surface area contributed by atoms with Crippen molar-refractivity contribution in [3.05, 3.63) is 18.1 Å². The van der Waals surface area contributed by atoms with Crippen molar-refractivity contribution in [2.24, 2.45) is 17.3 Å². The molecule has 31 heavy (non-hydrogen) atoms. The largest absolute Gasteiger partial charge is 0.495 e. The topological polar surface area (TPSA) is 77.3 Å². The Kier molecular flexibility index (Phi) is 8.21. The monoisotopic (exact) mass is 430 g/mol. The zero-order valence-corrected chi connectivity index (χ0v) is 20.4. The summed E-state index contributed by atoms with van der Waals surface area (Å²) in [6, 6.07) is 1.79. The zero-order valence-electron chi connectivity index (χ0n) is 20.4. The lowest BCUT2D eigenvalue weighted by atomic mass is 9.90. The predicted octanol–water partition coefficient (Wildman–Crippen LogP) is 4.59. The zero-order chi connectivity index (χ0) is 23.3. The molecule has 7 nitrogen and oxygen atoms in total. The first-order valence-electron chi connectivity index (χ1n) is 11.2. The number of ketones is 1. The molecule has 172 valence electrons. The number of fused-ring (bicyclic) bond motifs is 1. The van der Waals surface area contributed by atoms with Gasteiger partial charge >= 0.3 is 0 Å². The van der Waals surface area contributed by atoms with Crippen LogP contribution in [-0.4, -0.2) is 51.3 Å². The fourth-order valence-corrected chi connectivity index (χ4v) is 3.19. The number of rotatable bonds is 10. The number of imidazole rings is 1. The van der Waals surface area contributed by atoms with Crippen molar-refractivity contribution in [3.63, 3.8) is 0 Å². The van der Waals surface area contributed by atoms with Crippen LogP contribution in [-0.2, 0) is 11.3 Å². The van der Waals surface area contributed by atoms with Crippen LogP contribution in [0.3, 0.4) is 0 Å². The molecule has 7 heteroatoms. The van der Waals surface area contributed by atoms with Crippen LogP contribution in [0, 0.1) is 17.3 Å². The van der Waals surface area contributed by atoms with E-state index in [0.717, 1.165) is 12.8 Å². The van der Waals surface area contributed by atoms with Gasteiger partial charge in [0.15, 0.2) is 11.5 Å².